The van der Waals surface area contributed by atoms with Crippen molar-refractivity contribution in [3.05, 3.63) is 6.33 Å². The summed E-state index contributed by atoms with van der Waals surface area (Å²) in [5, 5.41) is 12.5. The number of aromatic nitrogens is 2. The van der Waals surface area contributed by atoms with E-state index in [9.17, 15) is 0 Å². The van der Waals surface area contributed by atoms with Crippen molar-refractivity contribution in [1.29, 1.82) is 0 Å². The molecule has 6 heteroatoms. The Bertz CT molecular complexity index is 452. The minimum atomic E-state index is 0.244. The molecular weight excluding hydrogens is 230 g/mol. The molecule has 0 aliphatic heterocycles. The van der Waals surface area contributed by atoms with Gasteiger partial charge in [0.25, 0.3) is 0 Å². The molecule has 1 aromatic heterocycles. The standard InChI is InChI=1S/C12H19N5O/c13-10-11(14)15-5-16-12(10)17-9-4-6-3-8(6)7(9)1-2-18/h5-9,18H,1-4,13H2,(H3,14,15,16,17)/t6-,7+,8+,9+/m1/s1. The van der Waals surface area contributed by atoms with Crippen LogP contribution in [0.25, 0.3) is 0 Å². The molecule has 0 amide bonds. The van der Waals surface area contributed by atoms with Gasteiger partial charge in [-0.3, -0.25) is 0 Å². The van der Waals surface area contributed by atoms with Crippen LogP contribution in [0.5, 0.6) is 0 Å². The molecule has 4 atom stereocenters. The number of anilines is 3. The normalized spacial score (nSPS) is 33.2. The summed E-state index contributed by atoms with van der Waals surface area (Å²) in [6, 6.07) is 0.345. The van der Waals surface area contributed by atoms with Crippen LogP contribution in [0.4, 0.5) is 17.3 Å². The van der Waals surface area contributed by atoms with Crippen LogP contribution in [0.1, 0.15) is 19.3 Å². The van der Waals surface area contributed by atoms with Gasteiger partial charge < -0.3 is 21.9 Å². The van der Waals surface area contributed by atoms with Crippen molar-refractivity contribution in [2.45, 2.75) is 25.3 Å². The maximum Gasteiger partial charge on any atom is 0.155 e. The van der Waals surface area contributed by atoms with Crippen LogP contribution in [0.3, 0.4) is 0 Å². The highest BCUT2D eigenvalue weighted by Gasteiger charge is 2.52. The lowest BCUT2D eigenvalue weighted by molar-refractivity contribution is 0.243. The van der Waals surface area contributed by atoms with E-state index in [2.05, 4.69) is 15.3 Å². The summed E-state index contributed by atoms with van der Waals surface area (Å²) >= 11 is 0. The smallest absolute Gasteiger partial charge is 0.155 e. The van der Waals surface area contributed by atoms with Crippen molar-refractivity contribution in [3.63, 3.8) is 0 Å². The molecule has 98 valence electrons. The van der Waals surface area contributed by atoms with Crippen LogP contribution < -0.4 is 16.8 Å². The first kappa shape index (κ1) is 11.5. The Labute approximate surface area is 106 Å². The van der Waals surface area contributed by atoms with E-state index >= 15 is 0 Å². The van der Waals surface area contributed by atoms with Gasteiger partial charge in [0, 0.05) is 12.6 Å². The summed E-state index contributed by atoms with van der Waals surface area (Å²) in [6.45, 7) is 0.244. The molecule has 1 heterocycles. The van der Waals surface area contributed by atoms with Crippen molar-refractivity contribution in [3.8, 4) is 0 Å². The number of nitrogens with zero attached hydrogens (tertiary/aromatic N) is 2. The van der Waals surface area contributed by atoms with Crippen molar-refractivity contribution in [1.82, 2.24) is 9.97 Å². The maximum atomic E-state index is 9.15. The van der Waals surface area contributed by atoms with E-state index < -0.39 is 0 Å². The lowest BCUT2D eigenvalue weighted by atomic mass is 9.95. The maximum absolute atomic E-state index is 9.15. The fraction of sp³-hybridized carbons (Fsp3) is 0.667. The molecule has 6 N–H and O–H groups in total. The fourth-order valence-corrected chi connectivity index (χ4v) is 3.30. The second-order valence-corrected chi connectivity index (χ2v) is 5.34. The number of nitrogens with one attached hydrogen (secondary N) is 1. The molecule has 3 rings (SSSR count). The molecule has 6 nitrogen and oxygen atoms in total. The number of hydrogen-bond donors (Lipinski definition) is 4. The van der Waals surface area contributed by atoms with Crippen LogP contribution in [0.2, 0.25) is 0 Å². The highest BCUT2D eigenvalue weighted by atomic mass is 16.3. The largest absolute Gasteiger partial charge is 0.396 e. The van der Waals surface area contributed by atoms with Gasteiger partial charge in [0.05, 0.1) is 0 Å². The molecule has 2 saturated carbocycles. The molecule has 2 fully saturated rings. The highest BCUT2D eigenvalue weighted by molar-refractivity contribution is 5.72. The fourth-order valence-electron chi connectivity index (χ4n) is 3.30. The van der Waals surface area contributed by atoms with Crippen LogP contribution >= 0.6 is 0 Å². The van der Waals surface area contributed by atoms with Crippen molar-refractivity contribution in [2.24, 2.45) is 17.8 Å². The number of nitrogens with two attached hydrogens (primary N) is 2. The van der Waals surface area contributed by atoms with Crippen molar-refractivity contribution in [2.75, 3.05) is 23.4 Å². The SMILES string of the molecule is Nc1ncnc(N[C@H]2C[C@H]3C[C@@H]3[C@@H]2CCO)c1N. The Morgan fingerprint density at radius 3 is 2.94 bits per heavy atom. The van der Waals surface area contributed by atoms with Gasteiger partial charge in [-0.2, -0.15) is 0 Å². The van der Waals surface area contributed by atoms with Gasteiger partial charge in [0.2, 0.25) is 0 Å². The summed E-state index contributed by atoms with van der Waals surface area (Å²) in [5.74, 6) is 3.05. The molecule has 0 saturated heterocycles. The molecule has 0 unspecified atom stereocenters. The van der Waals surface area contributed by atoms with E-state index in [-0.39, 0.29) is 6.61 Å². The van der Waals surface area contributed by atoms with Gasteiger partial charge in [-0.1, -0.05) is 0 Å². The lowest BCUT2D eigenvalue weighted by Crippen LogP contribution is -2.28. The zero-order chi connectivity index (χ0) is 12.7. The van der Waals surface area contributed by atoms with Gasteiger partial charge in [0.1, 0.15) is 12.0 Å². The molecule has 18 heavy (non-hydrogen) atoms. The van der Waals surface area contributed by atoms with E-state index in [0.29, 0.717) is 29.3 Å². The summed E-state index contributed by atoms with van der Waals surface area (Å²) in [5.41, 5.74) is 11.9. The number of hydrogen-bond acceptors (Lipinski definition) is 6. The first-order chi connectivity index (χ1) is 8.70. The zero-order valence-corrected chi connectivity index (χ0v) is 10.2. The molecule has 0 aromatic carbocycles. The number of aliphatic hydroxyl groups excluding tert-OH is 1. The predicted molar refractivity (Wildman–Crippen MR) is 69.7 cm³/mol. The molecule has 2 aliphatic carbocycles. The third-order valence-corrected chi connectivity index (χ3v) is 4.30. The number of aliphatic hydroxyl groups is 1. The second-order valence-electron chi connectivity index (χ2n) is 5.34. The number of fused-ring (bicyclic) bond motifs is 1. The van der Waals surface area contributed by atoms with Crippen molar-refractivity contribution < 1.29 is 5.11 Å². The van der Waals surface area contributed by atoms with Gasteiger partial charge in [0.15, 0.2) is 11.6 Å². The van der Waals surface area contributed by atoms with E-state index in [1.807, 2.05) is 0 Å². The van der Waals surface area contributed by atoms with E-state index in [4.69, 9.17) is 16.6 Å². The van der Waals surface area contributed by atoms with Crippen LogP contribution in [-0.4, -0.2) is 27.7 Å². The van der Waals surface area contributed by atoms with E-state index in [1.54, 1.807) is 0 Å². The molecule has 0 spiro atoms. The van der Waals surface area contributed by atoms with Crippen LogP contribution in [0, 0.1) is 17.8 Å². The molecule has 0 radical (unpaired) electrons. The minimum Gasteiger partial charge on any atom is -0.396 e. The molecule has 1 aromatic rings. The van der Waals surface area contributed by atoms with E-state index in [1.165, 1.54) is 12.7 Å². The highest BCUT2D eigenvalue weighted by Crippen LogP contribution is 2.57. The zero-order valence-electron chi connectivity index (χ0n) is 10.2. The van der Waals surface area contributed by atoms with Crippen molar-refractivity contribution >= 4 is 17.3 Å². The number of rotatable bonds is 4. The summed E-state index contributed by atoms with van der Waals surface area (Å²) in [4.78, 5) is 8.00. The van der Waals surface area contributed by atoms with E-state index in [0.717, 1.165) is 24.7 Å². The predicted octanol–water partition coefficient (Wildman–Crippen LogP) is 0.460. The Morgan fingerprint density at radius 1 is 1.33 bits per heavy atom. The summed E-state index contributed by atoms with van der Waals surface area (Å²) in [6.07, 6.45) is 4.72. The molecular formula is C12H19N5O. The molecule has 0 bridgehead atoms. The number of nitrogen functional groups attached to an aromatic ring is 2. The summed E-state index contributed by atoms with van der Waals surface area (Å²) in [7, 11) is 0. The van der Waals surface area contributed by atoms with Gasteiger partial charge in [-0.15, -0.1) is 0 Å². The first-order valence-corrected chi connectivity index (χ1v) is 6.44. The third kappa shape index (κ3) is 1.86. The minimum absolute atomic E-state index is 0.244. The third-order valence-electron chi connectivity index (χ3n) is 4.30. The van der Waals surface area contributed by atoms with Gasteiger partial charge in [-0.25, -0.2) is 9.97 Å². The summed E-state index contributed by atoms with van der Waals surface area (Å²) < 4.78 is 0. The van der Waals surface area contributed by atoms with Gasteiger partial charge in [-0.05, 0) is 37.0 Å². The topological polar surface area (TPSA) is 110 Å². The monoisotopic (exact) mass is 249 g/mol. The average Bonchev–Trinajstić information content (AvgIpc) is 3.03. The first-order valence-electron chi connectivity index (χ1n) is 6.44. The Balaban J connectivity index is 1.74. The van der Waals surface area contributed by atoms with Crippen LogP contribution in [-0.2, 0) is 0 Å². The quantitative estimate of drug-likeness (QED) is 0.617. The Hall–Kier alpha value is -1.56. The molecule has 2 aliphatic rings. The van der Waals surface area contributed by atoms with Gasteiger partial charge >= 0.3 is 0 Å². The second kappa shape index (κ2) is 4.28. The average molecular weight is 249 g/mol. The Morgan fingerprint density at radius 2 is 2.17 bits per heavy atom. The lowest BCUT2D eigenvalue weighted by Gasteiger charge is -2.24. The van der Waals surface area contributed by atoms with Crippen LogP contribution in [0.15, 0.2) is 6.33 Å². The Kier molecular flexibility index (Phi) is 2.74.